The van der Waals surface area contributed by atoms with Crippen molar-refractivity contribution in [3.63, 3.8) is 0 Å². The summed E-state index contributed by atoms with van der Waals surface area (Å²) in [5.74, 6) is 0. The van der Waals surface area contributed by atoms with Crippen LogP contribution in [-0.2, 0) is 9.47 Å². The van der Waals surface area contributed by atoms with E-state index in [1.54, 1.807) is 0 Å². The van der Waals surface area contributed by atoms with Crippen LogP contribution in [0, 0.1) is 0 Å². The maximum Gasteiger partial charge on any atom is 0.407 e. The van der Waals surface area contributed by atoms with Crippen LogP contribution in [0.4, 0.5) is 9.59 Å². The molecule has 6 nitrogen and oxygen atoms in total. The Hall–Kier alpha value is -1.46. The van der Waals surface area contributed by atoms with E-state index < -0.39 is 5.60 Å². The minimum atomic E-state index is -0.481. The molecule has 1 spiro atoms. The standard InChI is InChI=1S/C13H22N2O4/c1-12(2,3)18-11(17)15-9-4-6-13(7-5-9)8-14-10(16)19-13/h9H,4-8H2,1-3H3,(H,14,16)(H,15,17). The second-order valence-corrected chi connectivity index (χ2v) is 6.35. The molecular formula is C13H22N2O4. The Morgan fingerprint density at radius 2 is 2.05 bits per heavy atom. The molecule has 1 aliphatic carbocycles. The monoisotopic (exact) mass is 270 g/mol. The van der Waals surface area contributed by atoms with Crippen LogP contribution in [0.3, 0.4) is 0 Å². The second kappa shape index (κ2) is 4.90. The van der Waals surface area contributed by atoms with Gasteiger partial charge in [0.25, 0.3) is 0 Å². The molecule has 2 fully saturated rings. The smallest absolute Gasteiger partial charge is 0.407 e. The van der Waals surface area contributed by atoms with Crippen LogP contribution in [0.5, 0.6) is 0 Å². The highest BCUT2D eigenvalue weighted by Gasteiger charge is 2.43. The lowest BCUT2D eigenvalue weighted by molar-refractivity contribution is 0.0136. The average Bonchev–Trinajstić information content (AvgIpc) is 2.61. The predicted molar refractivity (Wildman–Crippen MR) is 68.8 cm³/mol. The normalized spacial score (nSPS) is 30.7. The lowest BCUT2D eigenvalue weighted by atomic mass is 9.82. The van der Waals surface area contributed by atoms with Crippen LogP contribution in [0.25, 0.3) is 0 Å². The number of carbonyl (C=O) groups is 2. The molecule has 1 saturated heterocycles. The van der Waals surface area contributed by atoms with Gasteiger partial charge >= 0.3 is 12.2 Å². The molecule has 19 heavy (non-hydrogen) atoms. The van der Waals surface area contributed by atoms with E-state index in [4.69, 9.17) is 9.47 Å². The molecule has 0 atom stereocenters. The first kappa shape index (κ1) is 14.0. The Kier molecular flexibility index (Phi) is 3.60. The van der Waals surface area contributed by atoms with Crippen LogP contribution < -0.4 is 10.6 Å². The van der Waals surface area contributed by atoms with Gasteiger partial charge in [0.2, 0.25) is 0 Å². The summed E-state index contributed by atoms with van der Waals surface area (Å²) in [7, 11) is 0. The highest BCUT2D eigenvalue weighted by Crippen LogP contribution is 2.34. The topological polar surface area (TPSA) is 76.7 Å². The summed E-state index contributed by atoms with van der Waals surface area (Å²) in [5, 5.41) is 5.56. The van der Waals surface area contributed by atoms with E-state index in [2.05, 4.69) is 10.6 Å². The molecule has 2 amide bonds. The van der Waals surface area contributed by atoms with Gasteiger partial charge in [-0.1, -0.05) is 0 Å². The summed E-state index contributed by atoms with van der Waals surface area (Å²) in [5.41, 5.74) is -0.839. The van der Waals surface area contributed by atoms with E-state index in [1.165, 1.54) is 0 Å². The van der Waals surface area contributed by atoms with Crippen LogP contribution >= 0.6 is 0 Å². The van der Waals surface area contributed by atoms with Crippen molar-refractivity contribution in [1.82, 2.24) is 10.6 Å². The minimum absolute atomic E-state index is 0.0970. The third-order valence-electron chi connectivity index (χ3n) is 3.48. The van der Waals surface area contributed by atoms with E-state index in [1.807, 2.05) is 20.8 Å². The van der Waals surface area contributed by atoms with Crippen molar-refractivity contribution in [2.24, 2.45) is 0 Å². The third-order valence-corrected chi connectivity index (χ3v) is 3.48. The van der Waals surface area contributed by atoms with Crippen molar-refractivity contribution in [1.29, 1.82) is 0 Å². The van der Waals surface area contributed by atoms with Gasteiger partial charge in [0.05, 0.1) is 6.54 Å². The lowest BCUT2D eigenvalue weighted by Crippen LogP contribution is -2.46. The molecule has 0 radical (unpaired) electrons. The summed E-state index contributed by atoms with van der Waals surface area (Å²) in [6.07, 6.45) is 2.43. The Morgan fingerprint density at radius 3 is 2.53 bits per heavy atom. The average molecular weight is 270 g/mol. The minimum Gasteiger partial charge on any atom is -0.444 e. The van der Waals surface area contributed by atoms with Gasteiger partial charge in [-0.3, -0.25) is 0 Å². The van der Waals surface area contributed by atoms with Gasteiger partial charge in [-0.2, -0.15) is 0 Å². The second-order valence-electron chi connectivity index (χ2n) is 6.35. The van der Waals surface area contributed by atoms with E-state index in [0.29, 0.717) is 6.54 Å². The molecule has 1 aliphatic heterocycles. The molecule has 0 aromatic heterocycles. The maximum absolute atomic E-state index is 11.7. The van der Waals surface area contributed by atoms with Gasteiger partial charge < -0.3 is 20.1 Å². The summed E-state index contributed by atoms with van der Waals surface area (Å²) in [4.78, 5) is 22.8. The molecule has 1 heterocycles. The van der Waals surface area contributed by atoms with Crippen LogP contribution in [0.2, 0.25) is 0 Å². The fraction of sp³-hybridized carbons (Fsp3) is 0.846. The highest BCUT2D eigenvalue weighted by atomic mass is 16.6. The third kappa shape index (κ3) is 3.75. The molecule has 2 N–H and O–H groups in total. The number of rotatable bonds is 1. The molecule has 1 saturated carbocycles. The van der Waals surface area contributed by atoms with Gasteiger partial charge in [0, 0.05) is 6.04 Å². The Balaban J connectivity index is 1.78. The number of alkyl carbamates (subject to hydrolysis) is 2. The molecule has 0 aromatic carbocycles. The number of ether oxygens (including phenoxy) is 2. The van der Waals surface area contributed by atoms with Crippen molar-refractivity contribution >= 4 is 12.2 Å². The first-order valence-electron chi connectivity index (χ1n) is 6.74. The predicted octanol–water partition coefficient (Wildman–Crippen LogP) is 1.93. The van der Waals surface area contributed by atoms with E-state index in [-0.39, 0.29) is 23.8 Å². The number of hydrogen-bond donors (Lipinski definition) is 2. The zero-order valence-corrected chi connectivity index (χ0v) is 11.7. The van der Waals surface area contributed by atoms with Crippen molar-refractivity contribution in [2.75, 3.05) is 6.54 Å². The van der Waals surface area contributed by atoms with E-state index in [0.717, 1.165) is 25.7 Å². The number of hydrogen-bond acceptors (Lipinski definition) is 4. The fourth-order valence-corrected chi connectivity index (χ4v) is 2.54. The van der Waals surface area contributed by atoms with Crippen LogP contribution in [0.15, 0.2) is 0 Å². The van der Waals surface area contributed by atoms with Crippen molar-refractivity contribution < 1.29 is 19.1 Å². The summed E-state index contributed by atoms with van der Waals surface area (Å²) < 4.78 is 10.6. The molecule has 0 unspecified atom stereocenters. The lowest BCUT2D eigenvalue weighted by Gasteiger charge is -2.35. The first-order valence-corrected chi connectivity index (χ1v) is 6.74. The van der Waals surface area contributed by atoms with Gasteiger partial charge in [-0.25, -0.2) is 9.59 Å². The number of carbonyl (C=O) groups excluding carboxylic acids is 2. The fourth-order valence-electron chi connectivity index (χ4n) is 2.54. The maximum atomic E-state index is 11.7. The molecule has 2 aliphatic rings. The van der Waals surface area contributed by atoms with Crippen LogP contribution in [-0.4, -0.2) is 36.0 Å². The summed E-state index contributed by atoms with van der Waals surface area (Å²) in [6, 6.07) is 0.0970. The summed E-state index contributed by atoms with van der Waals surface area (Å²) in [6.45, 7) is 6.09. The number of amides is 2. The zero-order valence-electron chi connectivity index (χ0n) is 11.7. The zero-order chi connectivity index (χ0) is 14.1. The van der Waals surface area contributed by atoms with E-state index >= 15 is 0 Å². The summed E-state index contributed by atoms with van der Waals surface area (Å²) >= 11 is 0. The SMILES string of the molecule is CC(C)(C)OC(=O)NC1CCC2(CC1)CNC(=O)O2. The van der Waals surface area contributed by atoms with Crippen molar-refractivity contribution in [3.8, 4) is 0 Å². The van der Waals surface area contributed by atoms with Gasteiger partial charge in [-0.15, -0.1) is 0 Å². The highest BCUT2D eigenvalue weighted by molar-refractivity contribution is 5.70. The molecule has 0 bridgehead atoms. The first-order chi connectivity index (χ1) is 8.78. The quantitative estimate of drug-likeness (QED) is 0.763. The van der Waals surface area contributed by atoms with Crippen molar-refractivity contribution in [2.45, 2.75) is 63.7 Å². The van der Waals surface area contributed by atoms with Gasteiger partial charge in [0.15, 0.2) is 0 Å². The largest absolute Gasteiger partial charge is 0.444 e. The molecular weight excluding hydrogens is 248 g/mol. The Labute approximate surface area is 113 Å². The van der Waals surface area contributed by atoms with Crippen LogP contribution in [0.1, 0.15) is 46.5 Å². The molecule has 2 rings (SSSR count). The molecule has 108 valence electrons. The van der Waals surface area contributed by atoms with E-state index in [9.17, 15) is 9.59 Å². The Morgan fingerprint density at radius 1 is 1.42 bits per heavy atom. The van der Waals surface area contributed by atoms with Gasteiger partial charge in [-0.05, 0) is 46.5 Å². The van der Waals surface area contributed by atoms with Crippen molar-refractivity contribution in [3.05, 3.63) is 0 Å². The Bertz CT molecular complexity index is 367. The number of nitrogens with one attached hydrogen (secondary N) is 2. The molecule has 6 heteroatoms. The van der Waals surface area contributed by atoms with Gasteiger partial charge in [0.1, 0.15) is 11.2 Å². The molecule has 0 aromatic rings.